The van der Waals surface area contributed by atoms with Crippen LogP contribution in [0.3, 0.4) is 0 Å². The van der Waals surface area contributed by atoms with Gasteiger partial charge in [0.05, 0.1) is 25.5 Å². The highest BCUT2D eigenvalue weighted by Crippen LogP contribution is 2.01. The summed E-state index contributed by atoms with van der Waals surface area (Å²) in [7, 11) is 1.70. The van der Waals surface area contributed by atoms with E-state index in [1.54, 1.807) is 18.0 Å². The molecule has 7 heteroatoms. The minimum atomic E-state index is -0.287. The van der Waals surface area contributed by atoms with Gasteiger partial charge in [-0.25, -0.2) is 0 Å². The molecule has 1 fully saturated rings. The third-order valence-corrected chi connectivity index (χ3v) is 3.00. The Morgan fingerprint density at radius 1 is 1.42 bits per heavy atom. The number of carbonyl (C=O) groups excluding carboxylic acids is 2. The number of rotatable bonds is 3. The lowest BCUT2D eigenvalue weighted by molar-refractivity contribution is -0.134. The fourth-order valence-electron chi connectivity index (χ4n) is 1.99. The largest absolute Gasteiger partial charge is 0.378 e. The minimum absolute atomic E-state index is 0.00304. The minimum Gasteiger partial charge on any atom is -0.378 e. The van der Waals surface area contributed by atoms with Gasteiger partial charge >= 0.3 is 0 Å². The highest BCUT2D eigenvalue weighted by atomic mass is 16.5. The van der Waals surface area contributed by atoms with Gasteiger partial charge in [0, 0.05) is 20.1 Å². The van der Waals surface area contributed by atoms with Crippen LogP contribution in [-0.2, 0) is 16.6 Å². The Labute approximate surface area is 111 Å². The molecule has 2 heterocycles. The standard InChI is InChI=1S/C12H18N4O3/c1-9-7-10(15(2)14-9)12(18)13-8-11(17)16-3-5-19-6-4-16/h7H,3-6,8H2,1-2H3,(H,13,18). The molecule has 1 aliphatic heterocycles. The molecule has 19 heavy (non-hydrogen) atoms. The highest BCUT2D eigenvalue weighted by molar-refractivity contribution is 5.95. The monoisotopic (exact) mass is 266 g/mol. The first-order chi connectivity index (χ1) is 9.08. The molecule has 1 N–H and O–H groups in total. The summed E-state index contributed by atoms with van der Waals surface area (Å²) in [6.45, 7) is 4.10. The van der Waals surface area contributed by atoms with E-state index in [4.69, 9.17) is 4.74 Å². The first-order valence-electron chi connectivity index (χ1n) is 6.22. The Balaban J connectivity index is 1.86. The van der Waals surface area contributed by atoms with E-state index in [0.717, 1.165) is 5.69 Å². The van der Waals surface area contributed by atoms with Gasteiger partial charge in [0.15, 0.2) is 0 Å². The van der Waals surface area contributed by atoms with E-state index in [1.165, 1.54) is 4.68 Å². The van der Waals surface area contributed by atoms with Crippen molar-refractivity contribution in [2.45, 2.75) is 6.92 Å². The van der Waals surface area contributed by atoms with Gasteiger partial charge < -0.3 is 15.0 Å². The zero-order valence-electron chi connectivity index (χ0n) is 11.2. The molecule has 0 aliphatic carbocycles. The van der Waals surface area contributed by atoms with Crippen molar-refractivity contribution in [3.05, 3.63) is 17.5 Å². The zero-order valence-corrected chi connectivity index (χ0v) is 11.2. The Morgan fingerprint density at radius 3 is 2.68 bits per heavy atom. The van der Waals surface area contributed by atoms with Gasteiger partial charge in [0.1, 0.15) is 5.69 Å². The van der Waals surface area contributed by atoms with Crippen LogP contribution in [0.5, 0.6) is 0 Å². The first kappa shape index (κ1) is 13.5. The van der Waals surface area contributed by atoms with Crippen molar-refractivity contribution < 1.29 is 14.3 Å². The number of amides is 2. The van der Waals surface area contributed by atoms with Crippen LogP contribution in [0.4, 0.5) is 0 Å². The molecular formula is C12H18N4O3. The molecule has 0 atom stereocenters. The Morgan fingerprint density at radius 2 is 2.11 bits per heavy atom. The molecule has 1 aliphatic rings. The molecule has 1 saturated heterocycles. The van der Waals surface area contributed by atoms with Gasteiger partial charge in [-0.05, 0) is 13.0 Å². The smallest absolute Gasteiger partial charge is 0.269 e. The summed E-state index contributed by atoms with van der Waals surface area (Å²) in [4.78, 5) is 25.4. The topological polar surface area (TPSA) is 76.5 Å². The SMILES string of the molecule is Cc1cc(C(=O)NCC(=O)N2CCOCC2)n(C)n1. The van der Waals surface area contributed by atoms with Crippen LogP contribution in [-0.4, -0.2) is 59.3 Å². The maximum Gasteiger partial charge on any atom is 0.269 e. The van der Waals surface area contributed by atoms with Gasteiger partial charge in [0.25, 0.3) is 5.91 Å². The number of morpholine rings is 1. The van der Waals surface area contributed by atoms with Crippen molar-refractivity contribution in [3.63, 3.8) is 0 Å². The van der Waals surface area contributed by atoms with E-state index in [1.807, 2.05) is 6.92 Å². The summed E-state index contributed by atoms with van der Waals surface area (Å²) in [6.07, 6.45) is 0. The van der Waals surface area contributed by atoms with Crippen LogP contribution in [0.15, 0.2) is 6.07 Å². The molecule has 0 radical (unpaired) electrons. The summed E-state index contributed by atoms with van der Waals surface area (Å²) >= 11 is 0. The second-order valence-corrected chi connectivity index (χ2v) is 4.47. The molecule has 0 aromatic carbocycles. The fraction of sp³-hybridized carbons (Fsp3) is 0.583. The maximum absolute atomic E-state index is 11.9. The first-order valence-corrected chi connectivity index (χ1v) is 6.22. The Kier molecular flexibility index (Phi) is 4.16. The number of aryl methyl sites for hydroxylation is 2. The second kappa shape index (κ2) is 5.83. The lowest BCUT2D eigenvalue weighted by Crippen LogP contribution is -2.45. The molecule has 0 bridgehead atoms. The van der Waals surface area contributed by atoms with Gasteiger partial charge in [0.2, 0.25) is 5.91 Å². The molecule has 1 aromatic rings. The van der Waals surface area contributed by atoms with Crippen molar-refractivity contribution in [1.29, 1.82) is 0 Å². The number of hydrogen-bond acceptors (Lipinski definition) is 4. The fourth-order valence-corrected chi connectivity index (χ4v) is 1.99. The molecular weight excluding hydrogens is 248 g/mol. The van der Waals surface area contributed by atoms with Crippen LogP contribution in [0.2, 0.25) is 0 Å². The number of ether oxygens (including phenoxy) is 1. The number of nitrogens with one attached hydrogen (secondary N) is 1. The van der Waals surface area contributed by atoms with Gasteiger partial charge in [-0.3, -0.25) is 14.3 Å². The van der Waals surface area contributed by atoms with Crippen LogP contribution in [0.25, 0.3) is 0 Å². The molecule has 2 amide bonds. The quantitative estimate of drug-likeness (QED) is 0.786. The molecule has 0 spiro atoms. The van der Waals surface area contributed by atoms with Crippen molar-refractivity contribution in [1.82, 2.24) is 20.0 Å². The predicted octanol–water partition coefficient (Wildman–Crippen LogP) is -0.683. The Hall–Kier alpha value is -1.89. The van der Waals surface area contributed by atoms with E-state index in [0.29, 0.717) is 32.0 Å². The number of aromatic nitrogens is 2. The predicted molar refractivity (Wildman–Crippen MR) is 67.7 cm³/mol. The molecule has 1 aromatic heterocycles. The van der Waals surface area contributed by atoms with E-state index < -0.39 is 0 Å². The van der Waals surface area contributed by atoms with E-state index in [2.05, 4.69) is 10.4 Å². The summed E-state index contributed by atoms with van der Waals surface area (Å²) in [5, 5.41) is 6.71. The average Bonchev–Trinajstić information content (AvgIpc) is 2.75. The molecule has 2 rings (SSSR count). The Bertz CT molecular complexity index is 477. The third-order valence-electron chi connectivity index (χ3n) is 3.00. The summed E-state index contributed by atoms with van der Waals surface area (Å²) < 4.78 is 6.67. The second-order valence-electron chi connectivity index (χ2n) is 4.47. The van der Waals surface area contributed by atoms with Crippen molar-refractivity contribution >= 4 is 11.8 Å². The van der Waals surface area contributed by atoms with E-state index >= 15 is 0 Å². The molecule has 104 valence electrons. The average molecular weight is 266 g/mol. The highest BCUT2D eigenvalue weighted by Gasteiger charge is 2.18. The third kappa shape index (κ3) is 3.31. The van der Waals surface area contributed by atoms with Crippen molar-refractivity contribution in [3.8, 4) is 0 Å². The lowest BCUT2D eigenvalue weighted by Gasteiger charge is -2.26. The van der Waals surface area contributed by atoms with Gasteiger partial charge in [-0.2, -0.15) is 5.10 Å². The maximum atomic E-state index is 11.9. The molecule has 7 nitrogen and oxygen atoms in total. The van der Waals surface area contributed by atoms with Crippen LogP contribution >= 0.6 is 0 Å². The van der Waals surface area contributed by atoms with Crippen molar-refractivity contribution in [2.24, 2.45) is 7.05 Å². The van der Waals surface area contributed by atoms with Gasteiger partial charge in [-0.1, -0.05) is 0 Å². The molecule has 0 unspecified atom stereocenters. The molecule has 0 saturated carbocycles. The summed E-state index contributed by atoms with van der Waals surface area (Å²) in [6, 6.07) is 1.69. The zero-order chi connectivity index (χ0) is 13.8. The van der Waals surface area contributed by atoms with Crippen LogP contribution in [0, 0.1) is 6.92 Å². The van der Waals surface area contributed by atoms with E-state index in [-0.39, 0.29) is 18.4 Å². The van der Waals surface area contributed by atoms with E-state index in [9.17, 15) is 9.59 Å². The lowest BCUT2D eigenvalue weighted by atomic mass is 10.3. The van der Waals surface area contributed by atoms with Gasteiger partial charge in [-0.15, -0.1) is 0 Å². The number of nitrogens with zero attached hydrogens (tertiary/aromatic N) is 3. The van der Waals surface area contributed by atoms with Crippen LogP contribution in [0.1, 0.15) is 16.2 Å². The summed E-state index contributed by atoms with van der Waals surface area (Å²) in [5.74, 6) is -0.375. The normalized spacial score (nSPS) is 15.4. The summed E-state index contributed by atoms with van der Waals surface area (Å²) in [5.41, 5.74) is 1.22. The number of hydrogen-bond donors (Lipinski definition) is 1. The number of carbonyl (C=O) groups is 2. The van der Waals surface area contributed by atoms with Crippen molar-refractivity contribution in [2.75, 3.05) is 32.8 Å². The van der Waals surface area contributed by atoms with Crippen LogP contribution < -0.4 is 5.32 Å².